The third-order valence-corrected chi connectivity index (χ3v) is 4.79. The normalized spacial score (nSPS) is 30.1. The lowest BCUT2D eigenvalue weighted by Crippen LogP contribution is -2.42. The van der Waals surface area contributed by atoms with E-state index >= 15 is 0 Å². The van der Waals surface area contributed by atoms with Crippen LogP contribution in [-0.4, -0.2) is 34.5 Å². The van der Waals surface area contributed by atoms with Gasteiger partial charge in [-0.2, -0.15) is 11.8 Å². The minimum absolute atomic E-state index is 0.0354. The monoisotopic (exact) mass is 257 g/mol. The molecule has 17 heavy (non-hydrogen) atoms. The van der Waals surface area contributed by atoms with Crippen LogP contribution in [0, 0.1) is 11.8 Å². The standard InChI is InChI=1S/C12H19NO3S/c14-11(13-8-4-6-17-7-5-8)9-2-1-3-10(9)12(15)16/h8-10H,1-7H2,(H,13,14)(H,15,16)/t9-,10+/m1/s1. The highest BCUT2D eigenvalue weighted by Crippen LogP contribution is 2.32. The smallest absolute Gasteiger partial charge is 0.307 e. The highest BCUT2D eigenvalue weighted by Gasteiger charge is 2.38. The average molecular weight is 257 g/mol. The van der Waals surface area contributed by atoms with E-state index in [2.05, 4.69) is 5.32 Å². The van der Waals surface area contributed by atoms with Crippen molar-refractivity contribution in [2.24, 2.45) is 11.8 Å². The van der Waals surface area contributed by atoms with Gasteiger partial charge < -0.3 is 10.4 Å². The number of amides is 1. The molecule has 1 aliphatic carbocycles. The molecule has 4 nitrogen and oxygen atoms in total. The average Bonchev–Trinajstić information content (AvgIpc) is 2.79. The molecule has 0 radical (unpaired) electrons. The fourth-order valence-electron chi connectivity index (χ4n) is 2.72. The Hall–Kier alpha value is -0.710. The van der Waals surface area contributed by atoms with Crippen molar-refractivity contribution in [3.63, 3.8) is 0 Å². The van der Waals surface area contributed by atoms with Crippen molar-refractivity contribution in [3.8, 4) is 0 Å². The molecule has 96 valence electrons. The van der Waals surface area contributed by atoms with Crippen molar-refractivity contribution in [1.29, 1.82) is 0 Å². The lowest BCUT2D eigenvalue weighted by Gasteiger charge is -2.25. The van der Waals surface area contributed by atoms with Crippen LogP contribution < -0.4 is 5.32 Å². The van der Waals surface area contributed by atoms with Crippen molar-refractivity contribution < 1.29 is 14.7 Å². The maximum Gasteiger partial charge on any atom is 0.307 e. The van der Waals surface area contributed by atoms with Crippen molar-refractivity contribution in [2.75, 3.05) is 11.5 Å². The maximum absolute atomic E-state index is 12.0. The molecule has 2 fully saturated rings. The number of carbonyl (C=O) groups is 2. The van der Waals surface area contributed by atoms with Gasteiger partial charge in [-0.3, -0.25) is 9.59 Å². The summed E-state index contributed by atoms with van der Waals surface area (Å²) in [6, 6.07) is 0.263. The zero-order valence-corrected chi connectivity index (χ0v) is 10.7. The molecule has 1 amide bonds. The Morgan fingerprint density at radius 2 is 1.71 bits per heavy atom. The zero-order chi connectivity index (χ0) is 12.3. The van der Waals surface area contributed by atoms with Gasteiger partial charge in [0.1, 0.15) is 0 Å². The zero-order valence-electron chi connectivity index (χ0n) is 9.85. The Bertz CT molecular complexity index is 302. The Kier molecular flexibility index (Phi) is 4.31. The predicted molar refractivity (Wildman–Crippen MR) is 67.0 cm³/mol. The molecule has 0 bridgehead atoms. The number of hydrogen-bond donors (Lipinski definition) is 2. The maximum atomic E-state index is 12.0. The number of thioether (sulfide) groups is 1. The summed E-state index contributed by atoms with van der Waals surface area (Å²) in [5.74, 6) is 0.569. The van der Waals surface area contributed by atoms with E-state index in [1.165, 1.54) is 0 Å². The molecule has 2 N–H and O–H groups in total. The number of carbonyl (C=O) groups excluding carboxylic acids is 1. The van der Waals surface area contributed by atoms with Gasteiger partial charge in [0.05, 0.1) is 11.8 Å². The second kappa shape index (κ2) is 5.76. The molecule has 1 saturated heterocycles. The molecular formula is C12H19NO3S. The number of carboxylic acids is 1. The van der Waals surface area contributed by atoms with E-state index in [-0.39, 0.29) is 17.9 Å². The van der Waals surface area contributed by atoms with Crippen LogP contribution in [0.15, 0.2) is 0 Å². The predicted octanol–water partition coefficient (Wildman–Crippen LogP) is 1.50. The molecule has 2 atom stereocenters. The SMILES string of the molecule is O=C(O)[C@H]1CCC[C@H]1C(=O)NC1CCSCC1. The summed E-state index contributed by atoms with van der Waals surface area (Å²) in [4.78, 5) is 23.1. The van der Waals surface area contributed by atoms with E-state index in [9.17, 15) is 9.59 Å². The highest BCUT2D eigenvalue weighted by atomic mass is 32.2. The molecule has 1 heterocycles. The number of nitrogens with one attached hydrogen (secondary N) is 1. The minimum atomic E-state index is -0.818. The first-order valence-electron chi connectivity index (χ1n) is 6.29. The quantitative estimate of drug-likeness (QED) is 0.804. The van der Waals surface area contributed by atoms with Crippen LogP contribution in [0.4, 0.5) is 0 Å². The molecule has 1 saturated carbocycles. The molecule has 5 heteroatoms. The van der Waals surface area contributed by atoms with E-state index in [1.807, 2.05) is 11.8 Å². The summed E-state index contributed by atoms with van der Waals surface area (Å²) in [5, 5.41) is 12.1. The van der Waals surface area contributed by atoms with Gasteiger partial charge in [-0.1, -0.05) is 6.42 Å². The lowest BCUT2D eigenvalue weighted by atomic mass is 9.95. The molecular weight excluding hydrogens is 238 g/mol. The van der Waals surface area contributed by atoms with Crippen LogP contribution in [0.5, 0.6) is 0 Å². The van der Waals surface area contributed by atoms with Crippen LogP contribution >= 0.6 is 11.8 Å². The fraction of sp³-hybridized carbons (Fsp3) is 0.833. The van der Waals surface area contributed by atoms with Crippen molar-refractivity contribution in [1.82, 2.24) is 5.32 Å². The van der Waals surface area contributed by atoms with E-state index in [1.54, 1.807) is 0 Å². The van der Waals surface area contributed by atoms with Crippen LogP contribution in [0.25, 0.3) is 0 Å². The summed E-state index contributed by atoms with van der Waals surface area (Å²) < 4.78 is 0. The van der Waals surface area contributed by atoms with Crippen molar-refractivity contribution >= 4 is 23.6 Å². The second-order valence-corrected chi connectivity index (χ2v) is 6.10. The van der Waals surface area contributed by atoms with Crippen molar-refractivity contribution in [2.45, 2.75) is 38.1 Å². The second-order valence-electron chi connectivity index (χ2n) is 4.88. The van der Waals surface area contributed by atoms with E-state index < -0.39 is 11.9 Å². The van der Waals surface area contributed by atoms with Gasteiger partial charge in [-0.05, 0) is 37.2 Å². The first-order chi connectivity index (χ1) is 8.18. The van der Waals surface area contributed by atoms with Crippen LogP contribution in [0.1, 0.15) is 32.1 Å². The Morgan fingerprint density at radius 3 is 2.35 bits per heavy atom. The van der Waals surface area contributed by atoms with Crippen LogP contribution in [-0.2, 0) is 9.59 Å². The van der Waals surface area contributed by atoms with Crippen LogP contribution in [0.3, 0.4) is 0 Å². The van der Waals surface area contributed by atoms with Gasteiger partial charge in [0.25, 0.3) is 0 Å². The summed E-state index contributed by atoms with van der Waals surface area (Å²) in [7, 11) is 0. The highest BCUT2D eigenvalue weighted by molar-refractivity contribution is 7.99. The number of carboxylic acid groups (broad SMARTS) is 1. The molecule has 1 aliphatic heterocycles. The Morgan fingerprint density at radius 1 is 1.06 bits per heavy atom. The Labute approximate surface area is 106 Å². The minimum Gasteiger partial charge on any atom is -0.481 e. The van der Waals surface area contributed by atoms with Gasteiger partial charge >= 0.3 is 5.97 Å². The molecule has 0 aromatic heterocycles. The lowest BCUT2D eigenvalue weighted by molar-refractivity contribution is -0.146. The summed E-state index contributed by atoms with van der Waals surface area (Å²) in [6.45, 7) is 0. The molecule has 2 rings (SSSR count). The number of rotatable bonds is 3. The van der Waals surface area contributed by atoms with Crippen LogP contribution in [0.2, 0.25) is 0 Å². The largest absolute Gasteiger partial charge is 0.481 e. The summed E-state index contributed by atoms with van der Waals surface area (Å²) in [6.07, 6.45) is 4.26. The molecule has 0 spiro atoms. The summed E-state index contributed by atoms with van der Waals surface area (Å²) in [5.41, 5.74) is 0. The first kappa shape index (κ1) is 12.7. The van der Waals surface area contributed by atoms with Gasteiger partial charge in [0.15, 0.2) is 0 Å². The molecule has 0 aromatic rings. The number of aliphatic carboxylic acids is 1. The van der Waals surface area contributed by atoms with E-state index in [0.717, 1.165) is 37.2 Å². The van der Waals surface area contributed by atoms with E-state index in [4.69, 9.17) is 5.11 Å². The first-order valence-corrected chi connectivity index (χ1v) is 7.45. The molecule has 2 aliphatic rings. The molecule has 0 unspecified atom stereocenters. The number of hydrogen-bond acceptors (Lipinski definition) is 3. The van der Waals surface area contributed by atoms with Gasteiger partial charge in [0.2, 0.25) is 5.91 Å². The van der Waals surface area contributed by atoms with E-state index in [0.29, 0.717) is 6.42 Å². The third-order valence-electron chi connectivity index (χ3n) is 3.74. The third kappa shape index (κ3) is 3.15. The van der Waals surface area contributed by atoms with Gasteiger partial charge in [-0.25, -0.2) is 0 Å². The van der Waals surface area contributed by atoms with Gasteiger partial charge in [0, 0.05) is 6.04 Å². The summed E-state index contributed by atoms with van der Waals surface area (Å²) >= 11 is 1.92. The molecule has 0 aromatic carbocycles. The fourth-order valence-corrected chi connectivity index (χ4v) is 3.83. The van der Waals surface area contributed by atoms with Gasteiger partial charge in [-0.15, -0.1) is 0 Å². The Balaban J connectivity index is 1.88. The van der Waals surface area contributed by atoms with Crippen molar-refractivity contribution in [3.05, 3.63) is 0 Å². The topological polar surface area (TPSA) is 66.4 Å².